The first-order chi connectivity index (χ1) is 7.00. The van der Waals surface area contributed by atoms with E-state index in [1.165, 1.54) is 12.8 Å². The molecule has 0 atom stereocenters. The van der Waals surface area contributed by atoms with Crippen molar-refractivity contribution in [3.8, 4) is 0 Å². The zero-order valence-corrected chi connectivity index (χ0v) is 11.1. The van der Waals surface area contributed by atoms with Gasteiger partial charge >= 0.3 is 0 Å². The van der Waals surface area contributed by atoms with Crippen LogP contribution in [0.1, 0.15) is 60.3 Å². The Bertz CT molecular complexity index is 183. The van der Waals surface area contributed by atoms with Gasteiger partial charge in [-0.15, -0.1) is 0 Å². The van der Waals surface area contributed by atoms with Gasteiger partial charge in [-0.25, -0.2) is 0 Å². The molecule has 0 unspecified atom stereocenters. The Labute approximate surface area is 95.0 Å². The van der Waals surface area contributed by atoms with Crippen LogP contribution in [0.4, 0.5) is 0 Å². The van der Waals surface area contributed by atoms with Crippen molar-refractivity contribution in [3.05, 3.63) is 0 Å². The summed E-state index contributed by atoms with van der Waals surface area (Å²) in [6.07, 6.45) is 4.12. The number of hydrogen-bond donors (Lipinski definition) is 0. The fourth-order valence-electron chi connectivity index (χ4n) is 2.03. The molecule has 0 saturated heterocycles. The number of carbonyl (C=O) groups excluding carboxylic acids is 1. The molecule has 0 radical (unpaired) electrons. The average Bonchev–Trinajstić information content (AvgIpc) is 2.19. The van der Waals surface area contributed by atoms with Gasteiger partial charge in [0, 0.05) is 6.42 Å². The number of likely N-dealkylation sites (N-methyl/N-ethyl adjacent to an activating group) is 1. The highest BCUT2D eigenvalue weighted by molar-refractivity contribution is 5.87. The Morgan fingerprint density at radius 2 is 1.60 bits per heavy atom. The van der Waals surface area contributed by atoms with Gasteiger partial charge in [-0.05, 0) is 33.4 Å². The predicted molar refractivity (Wildman–Crippen MR) is 66.1 cm³/mol. The van der Waals surface area contributed by atoms with Crippen LogP contribution in [-0.4, -0.2) is 29.3 Å². The maximum Gasteiger partial charge on any atom is 0.152 e. The van der Waals surface area contributed by atoms with Crippen LogP contribution in [0.25, 0.3) is 0 Å². The summed E-state index contributed by atoms with van der Waals surface area (Å²) in [5.41, 5.74) is -0.281. The first-order valence-corrected chi connectivity index (χ1v) is 6.29. The van der Waals surface area contributed by atoms with Crippen LogP contribution in [0.3, 0.4) is 0 Å². The number of unbranched alkanes of at least 4 members (excludes halogenated alkanes) is 2. The summed E-state index contributed by atoms with van der Waals surface area (Å²) in [7, 11) is 0. The van der Waals surface area contributed by atoms with E-state index in [0.717, 1.165) is 25.9 Å². The summed E-state index contributed by atoms with van der Waals surface area (Å²) in [6.45, 7) is 12.4. The van der Waals surface area contributed by atoms with Gasteiger partial charge in [0.1, 0.15) is 0 Å². The van der Waals surface area contributed by atoms with Crippen molar-refractivity contribution in [1.82, 2.24) is 4.90 Å². The molecule has 90 valence electrons. The highest BCUT2D eigenvalue weighted by Gasteiger charge is 2.31. The third kappa shape index (κ3) is 4.33. The Hall–Kier alpha value is -0.370. The molecule has 0 bridgehead atoms. The van der Waals surface area contributed by atoms with E-state index in [1.54, 1.807) is 0 Å². The van der Waals surface area contributed by atoms with Crippen molar-refractivity contribution in [2.75, 3.05) is 13.1 Å². The molecular weight excluding hydrogens is 186 g/mol. The van der Waals surface area contributed by atoms with Crippen molar-refractivity contribution in [2.24, 2.45) is 0 Å². The Morgan fingerprint density at radius 1 is 1.07 bits per heavy atom. The van der Waals surface area contributed by atoms with E-state index in [1.807, 2.05) is 13.8 Å². The zero-order valence-electron chi connectivity index (χ0n) is 11.1. The minimum absolute atomic E-state index is 0.281. The quantitative estimate of drug-likeness (QED) is 0.577. The summed E-state index contributed by atoms with van der Waals surface area (Å²) >= 11 is 0. The first kappa shape index (κ1) is 14.6. The molecule has 0 amide bonds. The molecular formula is C13H27NO. The number of ketones is 1. The fraction of sp³-hybridized carbons (Fsp3) is 0.923. The molecule has 2 heteroatoms. The molecule has 0 aliphatic rings. The molecule has 0 aromatic carbocycles. The third-order valence-electron chi connectivity index (χ3n) is 3.24. The molecule has 0 fully saturated rings. The lowest BCUT2D eigenvalue weighted by Crippen LogP contribution is -2.49. The largest absolute Gasteiger partial charge is 0.298 e. The van der Waals surface area contributed by atoms with Gasteiger partial charge in [-0.2, -0.15) is 0 Å². The molecule has 0 aliphatic carbocycles. The number of Topliss-reactive ketones (excluding diaryl/α,β-unsaturated/α-hetero) is 1. The van der Waals surface area contributed by atoms with Gasteiger partial charge in [-0.1, -0.05) is 33.6 Å². The predicted octanol–water partition coefficient (Wildman–Crippen LogP) is 3.26. The maximum atomic E-state index is 12.1. The Morgan fingerprint density at radius 3 is 2.00 bits per heavy atom. The number of rotatable bonds is 8. The molecule has 0 rings (SSSR count). The average molecular weight is 213 g/mol. The SMILES string of the molecule is CCCCCC(=O)C(C)(C)N(CC)CC. The maximum absolute atomic E-state index is 12.1. The fourth-order valence-corrected chi connectivity index (χ4v) is 2.03. The molecule has 0 saturated carbocycles. The second-order valence-corrected chi connectivity index (χ2v) is 4.61. The summed E-state index contributed by atoms with van der Waals surface area (Å²) in [5.74, 6) is 0.389. The molecule has 0 N–H and O–H groups in total. The van der Waals surface area contributed by atoms with E-state index < -0.39 is 0 Å². The van der Waals surface area contributed by atoms with E-state index in [4.69, 9.17) is 0 Å². The van der Waals surface area contributed by atoms with E-state index >= 15 is 0 Å². The lowest BCUT2D eigenvalue weighted by atomic mass is 9.92. The topological polar surface area (TPSA) is 20.3 Å². The van der Waals surface area contributed by atoms with Crippen LogP contribution in [0.15, 0.2) is 0 Å². The molecule has 0 aromatic rings. The van der Waals surface area contributed by atoms with Crippen molar-refractivity contribution in [3.63, 3.8) is 0 Å². The van der Waals surface area contributed by atoms with Gasteiger partial charge in [0.2, 0.25) is 0 Å². The van der Waals surface area contributed by atoms with Crippen molar-refractivity contribution >= 4 is 5.78 Å². The number of hydrogen-bond acceptors (Lipinski definition) is 2. The Balaban J connectivity index is 4.23. The van der Waals surface area contributed by atoms with Crippen molar-refractivity contribution in [1.29, 1.82) is 0 Å². The van der Waals surface area contributed by atoms with Gasteiger partial charge in [0.05, 0.1) is 5.54 Å². The molecule has 0 aromatic heterocycles. The van der Waals surface area contributed by atoms with Gasteiger partial charge < -0.3 is 0 Å². The van der Waals surface area contributed by atoms with E-state index in [2.05, 4.69) is 25.7 Å². The third-order valence-corrected chi connectivity index (χ3v) is 3.24. The van der Waals surface area contributed by atoms with Crippen molar-refractivity contribution in [2.45, 2.75) is 65.8 Å². The number of nitrogens with zero attached hydrogens (tertiary/aromatic N) is 1. The zero-order chi connectivity index (χ0) is 11.9. The van der Waals surface area contributed by atoms with Crippen LogP contribution >= 0.6 is 0 Å². The standard InChI is InChI=1S/C13H27NO/c1-6-9-10-11-12(15)13(4,5)14(7-2)8-3/h6-11H2,1-5H3. The highest BCUT2D eigenvalue weighted by atomic mass is 16.1. The highest BCUT2D eigenvalue weighted by Crippen LogP contribution is 2.18. The van der Waals surface area contributed by atoms with E-state index in [-0.39, 0.29) is 5.54 Å². The molecule has 0 aliphatic heterocycles. The van der Waals surface area contributed by atoms with Gasteiger partial charge in [0.25, 0.3) is 0 Å². The first-order valence-electron chi connectivity index (χ1n) is 6.29. The molecule has 2 nitrogen and oxygen atoms in total. The van der Waals surface area contributed by atoms with Crippen LogP contribution < -0.4 is 0 Å². The lowest BCUT2D eigenvalue weighted by molar-refractivity contribution is -0.129. The normalized spacial score (nSPS) is 12.1. The summed E-state index contributed by atoms with van der Waals surface area (Å²) in [4.78, 5) is 14.3. The summed E-state index contributed by atoms with van der Waals surface area (Å²) < 4.78 is 0. The van der Waals surface area contributed by atoms with Crippen LogP contribution in [0.5, 0.6) is 0 Å². The minimum atomic E-state index is -0.281. The van der Waals surface area contributed by atoms with Crippen LogP contribution in [0, 0.1) is 0 Å². The number of carbonyl (C=O) groups is 1. The lowest BCUT2D eigenvalue weighted by Gasteiger charge is -2.35. The second-order valence-electron chi connectivity index (χ2n) is 4.61. The summed E-state index contributed by atoms with van der Waals surface area (Å²) in [5, 5.41) is 0. The van der Waals surface area contributed by atoms with Crippen LogP contribution in [-0.2, 0) is 4.79 Å². The van der Waals surface area contributed by atoms with Crippen molar-refractivity contribution < 1.29 is 4.79 Å². The molecule has 15 heavy (non-hydrogen) atoms. The van der Waals surface area contributed by atoms with Gasteiger partial charge in [0.15, 0.2) is 5.78 Å². The minimum Gasteiger partial charge on any atom is -0.298 e. The van der Waals surface area contributed by atoms with Gasteiger partial charge in [-0.3, -0.25) is 9.69 Å². The summed E-state index contributed by atoms with van der Waals surface area (Å²) in [6, 6.07) is 0. The molecule has 0 heterocycles. The second kappa shape index (κ2) is 7.00. The molecule has 0 spiro atoms. The van der Waals surface area contributed by atoms with E-state index in [9.17, 15) is 4.79 Å². The smallest absolute Gasteiger partial charge is 0.152 e. The van der Waals surface area contributed by atoms with E-state index in [0.29, 0.717) is 5.78 Å². The van der Waals surface area contributed by atoms with Crippen LogP contribution in [0.2, 0.25) is 0 Å². The Kier molecular flexibility index (Phi) is 6.82. The monoisotopic (exact) mass is 213 g/mol.